The number of benzene rings is 1. The maximum Gasteiger partial charge on any atom is 0.337 e. The van der Waals surface area contributed by atoms with E-state index in [9.17, 15) is 9.59 Å². The fraction of sp³-hybridized carbons (Fsp3) is 0.353. The van der Waals surface area contributed by atoms with E-state index in [1.165, 1.54) is 18.0 Å². The molecule has 24 heavy (non-hydrogen) atoms. The standard InChI is InChI=1S/C17H19ClN2O4/c1-17(2,3)20-15(21)14(18)13(9-19-20)24-10-11-6-5-7-12(8-11)16(22)23-4/h5-9H,10H2,1-4H3. The predicted octanol–water partition coefficient (Wildman–Crippen LogP) is 3.02. The van der Waals surface area contributed by atoms with Gasteiger partial charge in [-0.25, -0.2) is 9.48 Å². The third-order valence-corrected chi connectivity index (χ3v) is 3.61. The van der Waals surface area contributed by atoms with Crippen molar-refractivity contribution in [1.29, 1.82) is 0 Å². The summed E-state index contributed by atoms with van der Waals surface area (Å²) in [6, 6.07) is 6.82. The predicted molar refractivity (Wildman–Crippen MR) is 90.6 cm³/mol. The van der Waals surface area contributed by atoms with Crippen molar-refractivity contribution in [2.75, 3.05) is 7.11 Å². The first-order valence-corrected chi connectivity index (χ1v) is 7.70. The van der Waals surface area contributed by atoms with Crippen LogP contribution >= 0.6 is 11.6 Å². The molecule has 0 saturated carbocycles. The normalized spacial score (nSPS) is 11.2. The Balaban J connectivity index is 2.20. The minimum absolute atomic E-state index is 0.0240. The highest BCUT2D eigenvalue weighted by molar-refractivity contribution is 6.31. The number of rotatable bonds is 4. The van der Waals surface area contributed by atoms with Crippen LogP contribution in [0.15, 0.2) is 35.3 Å². The lowest BCUT2D eigenvalue weighted by molar-refractivity contribution is 0.0600. The first-order valence-electron chi connectivity index (χ1n) is 7.32. The Hall–Kier alpha value is -2.34. The van der Waals surface area contributed by atoms with Crippen LogP contribution in [0.3, 0.4) is 0 Å². The molecule has 0 amide bonds. The van der Waals surface area contributed by atoms with Gasteiger partial charge < -0.3 is 9.47 Å². The molecule has 0 N–H and O–H groups in total. The van der Waals surface area contributed by atoms with Crippen LogP contribution in [0, 0.1) is 0 Å². The lowest BCUT2D eigenvalue weighted by atomic mass is 10.1. The third kappa shape index (κ3) is 3.94. The number of halogens is 1. The highest BCUT2D eigenvalue weighted by atomic mass is 35.5. The molecule has 7 heteroatoms. The molecule has 2 rings (SSSR count). The SMILES string of the molecule is COC(=O)c1cccc(COc2cnn(C(C)(C)C)c(=O)c2Cl)c1. The topological polar surface area (TPSA) is 70.4 Å². The molecule has 0 fully saturated rings. The lowest BCUT2D eigenvalue weighted by Crippen LogP contribution is -2.36. The van der Waals surface area contributed by atoms with Crippen molar-refractivity contribution >= 4 is 17.6 Å². The van der Waals surface area contributed by atoms with Crippen molar-refractivity contribution in [3.63, 3.8) is 0 Å². The summed E-state index contributed by atoms with van der Waals surface area (Å²) in [4.78, 5) is 23.8. The molecule has 0 bridgehead atoms. The van der Waals surface area contributed by atoms with E-state index in [2.05, 4.69) is 9.84 Å². The van der Waals surface area contributed by atoms with E-state index in [4.69, 9.17) is 16.3 Å². The van der Waals surface area contributed by atoms with Gasteiger partial charge in [0.25, 0.3) is 5.56 Å². The average molecular weight is 351 g/mol. The molecule has 1 heterocycles. The van der Waals surface area contributed by atoms with Crippen LogP contribution in [0.5, 0.6) is 5.75 Å². The maximum absolute atomic E-state index is 12.3. The second-order valence-electron chi connectivity index (χ2n) is 6.19. The summed E-state index contributed by atoms with van der Waals surface area (Å²) in [6.45, 7) is 5.72. The zero-order chi connectivity index (χ0) is 17.9. The van der Waals surface area contributed by atoms with E-state index >= 15 is 0 Å². The van der Waals surface area contributed by atoms with Crippen molar-refractivity contribution in [2.45, 2.75) is 32.9 Å². The number of esters is 1. The van der Waals surface area contributed by atoms with Crippen molar-refractivity contribution in [1.82, 2.24) is 9.78 Å². The second kappa shape index (κ2) is 7.05. The van der Waals surface area contributed by atoms with Crippen LogP contribution in [0.25, 0.3) is 0 Å². The smallest absolute Gasteiger partial charge is 0.337 e. The fourth-order valence-electron chi connectivity index (χ4n) is 2.06. The first kappa shape index (κ1) is 18.0. The molecule has 0 spiro atoms. The molecule has 0 radical (unpaired) electrons. The van der Waals surface area contributed by atoms with Gasteiger partial charge in [-0.2, -0.15) is 5.10 Å². The monoisotopic (exact) mass is 350 g/mol. The summed E-state index contributed by atoms with van der Waals surface area (Å²) in [5, 5.41) is 4.08. The maximum atomic E-state index is 12.3. The Kier molecular flexibility index (Phi) is 5.29. The van der Waals surface area contributed by atoms with Crippen LogP contribution in [0.2, 0.25) is 5.02 Å². The molecule has 0 atom stereocenters. The molecule has 0 saturated heterocycles. The van der Waals surface area contributed by atoms with Gasteiger partial charge in [0.2, 0.25) is 0 Å². The Morgan fingerprint density at radius 2 is 2.04 bits per heavy atom. The highest BCUT2D eigenvalue weighted by Gasteiger charge is 2.20. The van der Waals surface area contributed by atoms with Gasteiger partial charge >= 0.3 is 5.97 Å². The summed E-state index contributed by atoms with van der Waals surface area (Å²) in [5.41, 5.74) is 0.276. The van der Waals surface area contributed by atoms with Crippen LogP contribution < -0.4 is 10.3 Å². The Bertz CT molecular complexity index is 809. The molecular weight excluding hydrogens is 332 g/mol. The Labute approximate surface area is 145 Å². The summed E-state index contributed by atoms with van der Waals surface area (Å²) in [6.07, 6.45) is 1.42. The van der Waals surface area contributed by atoms with Crippen molar-refractivity contribution in [3.8, 4) is 5.75 Å². The largest absolute Gasteiger partial charge is 0.485 e. The number of ether oxygens (including phenoxy) is 2. The average Bonchev–Trinajstić information content (AvgIpc) is 2.54. The van der Waals surface area contributed by atoms with E-state index in [-0.39, 0.29) is 17.4 Å². The van der Waals surface area contributed by atoms with Gasteiger partial charge in [0.1, 0.15) is 6.61 Å². The van der Waals surface area contributed by atoms with Crippen LogP contribution in [0.1, 0.15) is 36.7 Å². The van der Waals surface area contributed by atoms with Crippen LogP contribution in [-0.2, 0) is 16.9 Å². The number of hydrogen-bond donors (Lipinski definition) is 0. The molecule has 0 aliphatic rings. The van der Waals surface area contributed by atoms with Gasteiger partial charge in [0, 0.05) is 0 Å². The second-order valence-corrected chi connectivity index (χ2v) is 6.57. The van der Waals surface area contributed by atoms with E-state index in [1.807, 2.05) is 20.8 Å². The van der Waals surface area contributed by atoms with Gasteiger partial charge in [-0.3, -0.25) is 4.79 Å². The highest BCUT2D eigenvalue weighted by Crippen LogP contribution is 2.22. The number of aromatic nitrogens is 2. The minimum atomic E-state index is -0.478. The molecule has 1 aromatic heterocycles. The van der Waals surface area contributed by atoms with Gasteiger partial charge in [-0.15, -0.1) is 0 Å². The molecule has 0 aliphatic heterocycles. The minimum Gasteiger partial charge on any atom is -0.485 e. The quantitative estimate of drug-likeness (QED) is 0.793. The number of carbonyl (C=O) groups is 1. The zero-order valence-electron chi connectivity index (χ0n) is 14.0. The molecule has 2 aromatic rings. The van der Waals surface area contributed by atoms with Crippen molar-refractivity contribution < 1.29 is 14.3 Å². The molecule has 128 valence electrons. The van der Waals surface area contributed by atoms with Gasteiger partial charge in [-0.05, 0) is 38.5 Å². The fourth-order valence-corrected chi connectivity index (χ4v) is 2.25. The summed E-state index contributed by atoms with van der Waals surface area (Å²) in [7, 11) is 1.32. The number of carbonyl (C=O) groups excluding carboxylic acids is 1. The van der Waals surface area contributed by atoms with E-state index in [0.29, 0.717) is 5.56 Å². The summed E-state index contributed by atoms with van der Waals surface area (Å²) < 4.78 is 11.6. The Morgan fingerprint density at radius 3 is 2.67 bits per heavy atom. The Morgan fingerprint density at radius 1 is 1.33 bits per heavy atom. The zero-order valence-corrected chi connectivity index (χ0v) is 14.8. The van der Waals surface area contributed by atoms with E-state index in [1.54, 1.807) is 24.3 Å². The first-order chi connectivity index (χ1) is 11.2. The summed E-state index contributed by atoms with van der Waals surface area (Å²) >= 11 is 6.10. The van der Waals surface area contributed by atoms with E-state index in [0.717, 1.165) is 5.56 Å². The number of methoxy groups -OCH3 is 1. The molecular formula is C17H19ClN2O4. The van der Waals surface area contributed by atoms with Gasteiger partial charge in [0.15, 0.2) is 10.8 Å². The van der Waals surface area contributed by atoms with Gasteiger partial charge in [0.05, 0.1) is 24.4 Å². The van der Waals surface area contributed by atoms with Crippen LogP contribution in [0.4, 0.5) is 0 Å². The number of nitrogens with zero attached hydrogens (tertiary/aromatic N) is 2. The third-order valence-electron chi connectivity index (χ3n) is 3.26. The molecule has 0 aliphatic carbocycles. The molecule has 0 unspecified atom stereocenters. The molecule has 6 nitrogen and oxygen atoms in total. The van der Waals surface area contributed by atoms with Gasteiger partial charge in [-0.1, -0.05) is 23.7 Å². The molecule has 1 aromatic carbocycles. The van der Waals surface area contributed by atoms with Crippen molar-refractivity contribution in [3.05, 3.63) is 57.0 Å². The number of hydrogen-bond acceptors (Lipinski definition) is 5. The van der Waals surface area contributed by atoms with E-state index < -0.39 is 17.1 Å². The van der Waals surface area contributed by atoms with Crippen LogP contribution in [-0.4, -0.2) is 22.9 Å². The summed E-state index contributed by atoms with van der Waals surface area (Å²) in [5.74, 6) is -0.227. The lowest BCUT2D eigenvalue weighted by Gasteiger charge is -2.21. The van der Waals surface area contributed by atoms with Crippen molar-refractivity contribution in [2.24, 2.45) is 0 Å².